The van der Waals surface area contributed by atoms with Gasteiger partial charge in [-0.2, -0.15) is 13.2 Å². The Labute approximate surface area is 271 Å². The molecular weight excluding hydrogens is 625 g/mol. The first-order valence-corrected chi connectivity index (χ1v) is 15.5. The van der Waals surface area contributed by atoms with E-state index in [9.17, 15) is 27.6 Å². The summed E-state index contributed by atoms with van der Waals surface area (Å²) in [5.41, 5.74) is 0.839. The molecule has 2 fully saturated rings. The molecule has 2 atom stereocenters. The molecule has 14 heteroatoms. The highest BCUT2D eigenvalue weighted by atomic mass is 35.5. The van der Waals surface area contributed by atoms with Crippen LogP contribution in [-0.2, 0) is 25.3 Å². The second-order valence-electron chi connectivity index (χ2n) is 12.4. The van der Waals surface area contributed by atoms with Gasteiger partial charge >= 0.3 is 6.18 Å². The third-order valence-corrected chi connectivity index (χ3v) is 8.80. The highest BCUT2D eigenvalue weighted by Gasteiger charge is 2.49. The number of alkyl halides is 3. The van der Waals surface area contributed by atoms with Crippen LogP contribution >= 0.6 is 11.6 Å². The standard InChI is InChI=1S/C32H38ClF3N6O4/c1-19(15-38(3)4)30(44)41-17-23(18-41)46-11-7-10-40-16-21-13-27(43)42(26-14-22(32(34,35)36)12-20(2)37-26)28(21)31(45)39(5)25-9-6-8-24(33)29(25)40/h6,8-9,12,14,21,23,28H,1,7,10-11,13,15-18H2,2-5H3/t21-,28+/m1/s1. The summed E-state index contributed by atoms with van der Waals surface area (Å²) in [5, 5.41) is 0.430. The van der Waals surface area contributed by atoms with E-state index in [0.29, 0.717) is 61.2 Å². The molecule has 0 spiro atoms. The number of rotatable bonds is 9. The minimum Gasteiger partial charge on any atom is -0.374 e. The number of ether oxygens (including phenoxy) is 1. The molecule has 0 bridgehead atoms. The summed E-state index contributed by atoms with van der Waals surface area (Å²) in [7, 11) is 5.33. The van der Waals surface area contributed by atoms with Crippen LogP contribution in [0.5, 0.6) is 0 Å². The molecule has 2 saturated heterocycles. The highest BCUT2D eigenvalue weighted by molar-refractivity contribution is 6.34. The van der Waals surface area contributed by atoms with Gasteiger partial charge in [0.25, 0.3) is 5.91 Å². The highest BCUT2D eigenvalue weighted by Crippen LogP contribution is 2.43. The first-order valence-electron chi connectivity index (χ1n) is 15.1. The number of carbonyl (C=O) groups is 3. The Hall–Kier alpha value is -3.68. The minimum absolute atomic E-state index is 0.0426. The largest absolute Gasteiger partial charge is 0.416 e. The third kappa shape index (κ3) is 6.86. The van der Waals surface area contributed by atoms with Gasteiger partial charge in [-0.15, -0.1) is 0 Å². The van der Waals surface area contributed by atoms with E-state index in [4.69, 9.17) is 16.3 Å². The van der Waals surface area contributed by atoms with E-state index in [0.717, 1.165) is 17.0 Å². The van der Waals surface area contributed by atoms with Gasteiger partial charge in [0.15, 0.2) is 0 Å². The molecule has 0 aliphatic carbocycles. The van der Waals surface area contributed by atoms with Crippen molar-refractivity contribution in [1.82, 2.24) is 14.8 Å². The molecule has 3 amide bonds. The zero-order valence-corrected chi connectivity index (χ0v) is 27.1. The number of fused-ring (bicyclic) bond motifs is 2. The number of anilines is 3. The van der Waals surface area contributed by atoms with Crippen molar-refractivity contribution >= 4 is 46.5 Å². The predicted octanol–water partition coefficient (Wildman–Crippen LogP) is 4.00. The lowest BCUT2D eigenvalue weighted by Gasteiger charge is -2.40. The summed E-state index contributed by atoms with van der Waals surface area (Å²) in [4.78, 5) is 52.3. The summed E-state index contributed by atoms with van der Waals surface area (Å²) < 4.78 is 47.0. The van der Waals surface area contributed by atoms with Gasteiger partial charge < -0.3 is 24.3 Å². The van der Waals surface area contributed by atoms with Gasteiger partial charge in [-0.3, -0.25) is 19.3 Å². The molecule has 248 valence electrons. The molecule has 0 N–H and O–H groups in total. The first kappa shape index (κ1) is 33.7. The van der Waals surface area contributed by atoms with E-state index < -0.39 is 35.5 Å². The van der Waals surface area contributed by atoms with Gasteiger partial charge in [-0.05, 0) is 51.7 Å². The molecule has 0 unspecified atom stereocenters. The molecule has 2 aromatic rings. The number of hydrogen-bond donors (Lipinski definition) is 0. The van der Waals surface area contributed by atoms with Crippen molar-refractivity contribution in [2.45, 2.75) is 38.1 Å². The van der Waals surface area contributed by atoms with Crippen molar-refractivity contribution < 1.29 is 32.3 Å². The van der Waals surface area contributed by atoms with Crippen molar-refractivity contribution in [3.05, 3.63) is 58.8 Å². The van der Waals surface area contributed by atoms with Gasteiger partial charge in [-0.25, -0.2) is 4.98 Å². The maximum Gasteiger partial charge on any atom is 0.416 e. The summed E-state index contributed by atoms with van der Waals surface area (Å²) in [5.74, 6) is -1.72. The van der Waals surface area contributed by atoms with Crippen molar-refractivity contribution in [2.24, 2.45) is 5.92 Å². The fraction of sp³-hybridized carbons (Fsp3) is 0.500. The van der Waals surface area contributed by atoms with Crippen LogP contribution in [0.4, 0.5) is 30.4 Å². The molecule has 0 saturated carbocycles. The van der Waals surface area contributed by atoms with E-state index >= 15 is 0 Å². The van der Waals surface area contributed by atoms with Crippen LogP contribution in [0.2, 0.25) is 5.02 Å². The lowest BCUT2D eigenvalue weighted by molar-refractivity contribution is -0.141. The quantitative estimate of drug-likeness (QED) is 0.296. The number of hydrogen-bond acceptors (Lipinski definition) is 7. The average molecular weight is 663 g/mol. The molecule has 3 aliphatic heterocycles. The number of nitrogens with zero attached hydrogens (tertiary/aromatic N) is 6. The van der Waals surface area contributed by atoms with Crippen molar-refractivity contribution in [3.8, 4) is 0 Å². The van der Waals surface area contributed by atoms with Crippen LogP contribution < -0.4 is 14.7 Å². The normalized spacial score (nSPS) is 20.5. The SMILES string of the molecule is C=C(CN(C)C)C(=O)N1CC(OCCCN2C[C@H]3CC(=O)N(c4cc(C(F)(F)F)cc(C)n4)[C@@H]3C(=O)N(C)c3cccc(Cl)c32)C1. The fourth-order valence-electron chi connectivity index (χ4n) is 6.36. The maximum atomic E-state index is 14.0. The van der Waals surface area contributed by atoms with Crippen LogP contribution in [-0.4, -0.2) is 105 Å². The van der Waals surface area contributed by atoms with Gasteiger partial charge in [0.05, 0.1) is 28.1 Å². The predicted molar refractivity (Wildman–Crippen MR) is 169 cm³/mol. The van der Waals surface area contributed by atoms with E-state index in [1.54, 1.807) is 30.1 Å². The van der Waals surface area contributed by atoms with Gasteiger partial charge in [0.2, 0.25) is 11.8 Å². The smallest absolute Gasteiger partial charge is 0.374 e. The Morgan fingerprint density at radius 1 is 1.17 bits per heavy atom. The number of benzene rings is 1. The molecule has 3 aliphatic rings. The number of carbonyl (C=O) groups excluding carboxylic acids is 3. The van der Waals surface area contributed by atoms with E-state index in [1.165, 1.54) is 11.8 Å². The van der Waals surface area contributed by atoms with E-state index in [1.807, 2.05) is 23.9 Å². The summed E-state index contributed by atoms with van der Waals surface area (Å²) in [6.45, 7) is 7.91. The first-order chi connectivity index (χ1) is 21.6. The number of likely N-dealkylation sites (tertiary alicyclic amines) is 1. The van der Waals surface area contributed by atoms with Crippen LogP contribution in [0.15, 0.2) is 42.5 Å². The lowest BCUT2D eigenvalue weighted by Crippen LogP contribution is -2.55. The Morgan fingerprint density at radius 2 is 1.89 bits per heavy atom. The van der Waals surface area contributed by atoms with E-state index in [2.05, 4.69) is 11.6 Å². The van der Waals surface area contributed by atoms with Gasteiger partial charge in [-0.1, -0.05) is 24.2 Å². The number of para-hydroxylation sites is 1. The van der Waals surface area contributed by atoms with Crippen molar-refractivity contribution in [3.63, 3.8) is 0 Å². The summed E-state index contributed by atoms with van der Waals surface area (Å²) >= 11 is 6.69. The van der Waals surface area contributed by atoms with Crippen LogP contribution in [0.1, 0.15) is 24.1 Å². The van der Waals surface area contributed by atoms with Crippen molar-refractivity contribution in [2.75, 3.05) is 75.2 Å². The second kappa shape index (κ2) is 13.2. The number of pyridine rings is 1. The third-order valence-electron chi connectivity index (χ3n) is 8.50. The molecular formula is C32H38ClF3N6O4. The molecule has 4 heterocycles. The monoisotopic (exact) mass is 662 g/mol. The Balaban J connectivity index is 1.32. The zero-order valence-electron chi connectivity index (χ0n) is 26.3. The van der Waals surface area contributed by atoms with Gasteiger partial charge in [0.1, 0.15) is 11.9 Å². The topological polar surface area (TPSA) is 89.5 Å². The Morgan fingerprint density at radius 3 is 2.57 bits per heavy atom. The summed E-state index contributed by atoms with van der Waals surface area (Å²) in [6, 6.07) is 5.88. The molecule has 5 rings (SSSR count). The molecule has 1 aromatic carbocycles. The minimum atomic E-state index is -4.64. The van der Waals surface area contributed by atoms with Crippen LogP contribution in [0.25, 0.3) is 0 Å². The average Bonchev–Trinajstić information content (AvgIpc) is 3.27. The molecule has 10 nitrogen and oxygen atoms in total. The number of halogens is 4. The zero-order chi connectivity index (χ0) is 33.5. The van der Waals surface area contributed by atoms with Crippen molar-refractivity contribution in [1.29, 1.82) is 0 Å². The van der Waals surface area contributed by atoms with Gasteiger partial charge in [0, 0.05) is 70.0 Å². The van der Waals surface area contributed by atoms with Crippen LogP contribution in [0.3, 0.4) is 0 Å². The maximum absolute atomic E-state index is 14.0. The number of aromatic nitrogens is 1. The summed E-state index contributed by atoms with van der Waals surface area (Å²) in [6.07, 6.45) is -4.19. The number of aryl methyl sites for hydroxylation is 1. The Kier molecular flexibility index (Phi) is 9.67. The second-order valence-corrected chi connectivity index (χ2v) is 12.8. The van der Waals surface area contributed by atoms with E-state index in [-0.39, 0.29) is 36.5 Å². The number of amides is 3. The molecule has 0 radical (unpaired) electrons. The number of likely N-dealkylation sites (N-methyl/N-ethyl adjacent to an activating group) is 2. The Bertz CT molecular complexity index is 1530. The molecule has 1 aromatic heterocycles. The lowest BCUT2D eigenvalue weighted by atomic mass is 9.95. The fourth-order valence-corrected chi connectivity index (χ4v) is 6.64. The molecule has 46 heavy (non-hydrogen) atoms. The van der Waals surface area contributed by atoms with Crippen LogP contribution in [0, 0.1) is 12.8 Å².